The summed E-state index contributed by atoms with van der Waals surface area (Å²) in [6.07, 6.45) is 1.82. The first-order valence-corrected chi connectivity index (χ1v) is 5.20. The monoisotopic (exact) mass is 217 g/mol. The van der Waals surface area contributed by atoms with Crippen LogP contribution in [0.15, 0.2) is 30.5 Å². The Kier molecular flexibility index (Phi) is 3.49. The third-order valence-electron chi connectivity index (χ3n) is 2.54. The number of para-hydroxylation sites is 1. The predicted molar refractivity (Wildman–Crippen MR) is 63.2 cm³/mol. The van der Waals surface area contributed by atoms with Crippen molar-refractivity contribution in [3.63, 3.8) is 0 Å². The largest absolute Gasteiger partial charge is 0.380 e. The van der Waals surface area contributed by atoms with Crippen molar-refractivity contribution in [1.29, 1.82) is 0 Å². The van der Waals surface area contributed by atoms with Crippen molar-refractivity contribution in [2.75, 3.05) is 14.2 Å². The Hall–Kier alpha value is -1.45. The lowest BCUT2D eigenvalue weighted by Gasteiger charge is -2.08. The van der Waals surface area contributed by atoms with E-state index < -0.39 is 0 Å². The minimum Gasteiger partial charge on any atom is -0.380 e. The van der Waals surface area contributed by atoms with E-state index >= 15 is 0 Å². The van der Waals surface area contributed by atoms with Crippen LogP contribution in [0.3, 0.4) is 0 Å². The highest BCUT2D eigenvalue weighted by molar-refractivity contribution is 5.84. The molecule has 84 valence electrons. The summed E-state index contributed by atoms with van der Waals surface area (Å²) >= 11 is 0. The molecule has 1 heterocycles. The SMILES string of the molecule is COCc1ccnc2c(COC)cccc12. The van der Waals surface area contributed by atoms with Crippen LogP contribution >= 0.6 is 0 Å². The summed E-state index contributed by atoms with van der Waals surface area (Å²) in [5.74, 6) is 0. The number of aromatic nitrogens is 1. The van der Waals surface area contributed by atoms with Gasteiger partial charge in [-0.05, 0) is 11.6 Å². The minimum atomic E-state index is 0.584. The first kappa shape index (κ1) is 11.0. The van der Waals surface area contributed by atoms with Gasteiger partial charge in [-0.1, -0.05) is 18.2 Å². The van der Waals surface area contributed by atoms with Gasteiger partial charge in [0.05, 0.1) is 18.7 Å². The molecule has 0 N–H and O–H groups in total. The zero-order chi connectivity index (χ0) is 11.4. The summed E-state index contributed by atoms with van der Waals surface area (Å²) in [5.41, 5.74) is 3.27. The molecule has 1 aromatic heterocycles. The van der Waals surface area contributed by atoms with Crippen LogP contribution < -0.4 is 0 Å². The molecule has 3 nitrogen and oxygen atoms in total. The predicted octanol–water partition coefficient (Wildman–Crippen LogP) is 2.53. The maximum Gasteiger partial charge on any atom is 0.0760 e. The molecule has 3 heteroatoms. The van der Waals surface area contributed by atoms with E-state index in [-0.39, 0.29) is 0 Å². The summed E-state index contributed by atoms with van der Waals surface area (Å²) in [5, 5.41) is 1.14. The maximum absolute atomic E-state index is 5.18. The zero-order valence-electron chi connectivity index (χ0n) is 9.56. The van der Waals surface area contributed by atoms with E-state index in [1.807, 2.05) is 24.4 Å². The van der Waals surface area contributed by atoms with Crippen LogP contribution in [0.1, 0.15) is 11.1 Å². The normalized spacial score (nSPS) is 10.9. The van der Waals surface area contributed by atoms with Crippen molar-refractivity contribution in [3.05, 3.63) is 41.6 Å². The van der Waals surface area contributed by atoms with Gasteiger partial charge in [0.25, 0.3) is 0 Å². The van der Waals surface area contributed by atoms with Crippen molar-refractivity contribution in [2.24, 2.45) is 0 Å². The molecule has 0 aliphatic rings. The van der Waals surface area contributed by atoms with Crippen molar-refractivity contribution in [2.45, 2.75) is 13.2 Å². The molecule has 0 amide bonds. The second-order valence-electron chi connectivity index (χ2n) is 3.65. The van der Waals surface area contributed by atoms with Gasteiger partial charge in [-0.2, -0.15) is 0 Å². The molecule has 0 aliphatic carbocycles. The topological polar surface area (TPSA) is 31.4 Å². The highest BCUT2D eigenvalue weighted by atomic mass is 16.5. The lowest BCUT2D eigenvalue weighted by Crippen LogP contribution is -1.95. The van der Waals surface area contributed by atoms with Crippen LogP contribution in [0.5, 0.6) is 0 Å². The molecule has 0 bridgehead atoms. The fraction of sp³-hybridized carbons (Fsp3) is 0.308. The molecule has 16 heavy (non-hydrogen) atoms. The van der Waals surface area contributed by atoms with Gasteiger partial charge in [0.15, 0.2) is 0 Å². The Morgan fingerprint density at radius 3 is 2.50 bits per heavy atom. The third-order valence-corrected chi connectivity index (χ3v) is 2.54. The van der Waals surface area contributed by atoms with Crippen LogP contribution in [0.25, 0.3) is 10.9 Å². The van der Waals surface area contributed by atoms with Gasteiger partial charge >= 0.3 is 0 Å². The highest BCUT2D eigenvalue weighted by Crippen LogP contribution is 2.21. The van der Waals surface area contributed by atoms with Crippen LogP contribution in [0.4, 0.5) is 0 Å². The summed E-state index contributed by atoms with van der Waals surface area (Å²) in [4.78, 5) is 4.41. The standard InChI is InChI=1S/C13H15NO2/c1-15-8-10-6-7-14-13-11(9-16-2)4-3-5-12(10)13/h3-7H,8-9H2,1-2H3. The highest BCUT2D eigenvalue weighted by Gasteiger charge is 2.05. The van der Waals surface area contributed by atoms with Gasteiger partial charge in [-0.3, -0.25) is 4.98 Å². The number of pyridine rings is 1. The van der Waals surface area contributed by atoms with Crippen LogP contribution in [-0.2, 0) is 22.7 Å². The summed E-state index contributed by atoms with van der Waals surface area (Å²) < 4.78 is 10.3. The van der Waals surface area contributed by atoms with Gasteiger partial charge in [-0.25, -0.2) is 0 Å². The Balaban J connectivity index is 2.57. The van der Waals surface area contributed by atoms with E-state index in [9.17, 15) is 0 Å². The van der Waals surface area contributed by atoms with E-state index in [4.69, 9.17) is 9.47 Å². The quantitative estimate of drug-likeness (QED) is 0.788. The molecule has 0 saturated heterocycles. The molecule has 2 rings (SSSR count). The maximum atomic E-state index is 5.18. The van der Waals surface area contributed by atoms with Crippen LogP contribution in [0, 0.1) is 0 Å². The molecular weight excluding hydrogens is 202 g/mol. The van der Waals surface area contributed by atoms with Gasteiger partial charge in [0.1, 0.15) is 0 Å². The number of methoxy groups -OCH3 is 2. The zero-order valence-corrected chi connectivity index (χ0v) is 9.56. The third kappa shape index (κ3) is 2.05. The summed E-state index contributed by atoms with van der Waals surface area (Å²) in [6, 6.07) is 8.12. The molecular formula is C13H15NO2. The number of hydrogen-bond donors (Lipinski definition) is 0. The van der Waals surface area contributed by atoms with E-state index in [0.717, 1.165) is 22.0 Å². The van der Waals surface area contributed by atoms with Crippen molar-refractivity contribution >= 4 is 10.9 Å². The minimum absolute atomic E-state index is 0.584. The van der Waals surface area contributed by atoms with E-state index in [0.29, 0.717) is 13.2 Å². The number of hydrogen-bond acceptors (Lipinski definition) is 3. The average molecular weight is 217 g/mol. The van der Waals surface area contributed by atoms with Crippen molar-refractivity contribution in [3.8, 4) is 0 Å². The van der Waals surface area contributed by atoms with Gasteiger partial charge in [-0.15, -0.1) is 0 Å². The molecule has 0 unspecified atom stereocenters. The van der Waals surface area contributed by atoms with Crippen LogP contribution in [0.2, 0.25) is 0 Å². The fourth-order valence-electron chi connectivity index (χ4n) is 1.85. The molecule has 2 aromatic rings. The number of nitrogens with zero attached hydrogens (tertiary/aromatic N) is 1. The molecule has 1 aromatic carbocycles. The first-order chi connectivity index (χ1) is 7.86. The summed E-state index contributed by atoms with van der Waals surface area (Å²) in [6.45, 7) is 1.19. The van der Waals surface area contributed by atoms with Crippen molar-refractivity contribution in [1.82, 2.24) is 4.98 Å². The average Bonchev–Trinajstić information content (AvgIpc) is 2.31. The first-order valence-electron chi connectivity index (χ1n) is 5.20. The molecule has 0 spiro atoms. The van der Waals surface area contributed by atoms with E-state index in [1.54, 1.807) is 14.2 Å². The lowest BCUT2D eigenvalue weighted by atomic mass is 10.1. The Labute approximate surface area is 95.0 Å². The van der Waals surface area contributed by atoms with E-state index in [2.05, 4.69) is 11.1 Å². The van der Waals surface area contributed by atoms with Crippen LogP contribution in [-0.4, -0.2) is 19.2 Å². The second-order valence-corrected chi connectivity index (χ2v) is 3.65. The molecule has 0 fully saturated rings. The second kappa shape index (κ2) is 5.05. The number of rotatable bonds is 4. The number of ether oxygens (including phenoxy) is 2. The Morgan fingerprint density at radius 1 is 1.00 bits per heavy atom. The van der Waals surface area contributed by atoms with Gasteiger partial charge in [0.2, 0.25) is 0 Å². The summed E-state index contributed by atoms with van der Waals surface area (Å²) in [7, 11) is 3.39. The van der Waals surface area contributed by atoms with E-state index in [1.165, 1.54) is 0 Å². The molecule has 0 atom stereocenters. The Morgan fingerprint density at radius 2 is 1.75 bits per heavy atom. The Bertz CT molecular complexity index is 437. The van der Waals surface area contributed by atoms with Crippen molar-refractivity contribution < 1.29 is 9.47 Å². The van der Waals surface area contributed by atoms with Gasteiger partial charge < -0.3 is 9.47 Å². The molecule has 0 saturated carbocycles. The number of benzene rings is 1. The molecule has 0 aliphatic heterocycles. The molecule has 0 radical (unpaired) electrons. The smallest absolute Gasteiger partial charge is 0.0760 e. The fourth-order valence-corrected chi connectivity index (χ4v) is 1.85. The van der Waals surface area contributed by atoms with Gasteiger partial charge in [0, 0.05) is 31.4 Å². The lowest BCUT2D eigenvalue weighted by molar-refractivity contribution is 0.185. The number of fused-ring (bicyclic) bond motifs is 1.